The molecule has 7 nitrogen and oxygen atoms in total. The lowest BCUT2D eigenvalue weighted by Crippen LogP contribution is -2.21. The summed E-state index contributed by atoms with van der Waals surface area (Å²) in [6.45, 7) is 8.83. The van der Waals surface area contributed by atoms with Gasteiger partial charge in [0, 0.05) is 5.56 Å². The maximum Gasteiger partial charge on any atom is 0.282 e. The lowest BCUT2D eigenvalue weighted by Gasteiger charge is -2.18. The number of fused-ring (bicyclic) bond motifs is 1. The Kier molecular flexibility index (Phi) is 9.30. The first-order chi connectivity index (χ1) is 21.2. The highest BCUT2D eigenvalue weighted by Crippen LogP contribution is 2.37. The Morgan fingerprint density at radius 3 is 2.48 bits per heavy atom. The summed E-state index contributed by atoms with van der Waals surface area (Å²) in [5.74, 6) is 1.80. The van der Waals surface area contributed by atoms with E-state index in [9.17, 15) is 9.18 Å². The van der Waals surface area contributed by atoms with Crippen molar-refractivity contribution in [3.63, 3.8) is 0 Å². The van der Waals surface area contributed by atoms with Crippen molar-refractivity contribution in [2.45, 2.75) is 40.2 Å². The van der Waals surface area contributed by atoms with Gasteiger partial charge in [0.15, 0.2) is 17.3 Å². The summed E-state index contributed by atoms with van der Waals surface area (Å²) in [5.41, 5.74) is 4.31. The van der Waals surface area contributed by atoms with Crippen LogP contribution in [0.5, 0.6) is 17.2 Å². The second kappa shape index (κ2) is 13.3. The van der Waals surface area contributed by atoms with Crippen molar-refractivity contribution in [1.82, 2.24) is 9.66 Å². The molecule has 1 aromatic heterocycles. The molecule has 0 amide bonds. The molecule has 0 fully saturated rings. The van der Waals surface area contributed by atoms with E-state index in [1.54, 1.807) is 36.4 Å². The Bertz CT molecular complexity index is 1900. The molecule has 0 N–H and O–H groups in total. The smallest absolute Gasteiger partial charge is 0.282 e. The van der Waals surface area contributed by atoms with Crippen molar-refractivity contribution in [3.8, 4) is 28.6 Å². The highest BCUT2D eigenvalue weighted by molar-refractivity contribution is 6.32. The monoisotopic (exact) mass is 613 g/mol. The van der Waals surface area contributed by atoms with E-state index in [0.717, 1.165) is 28.0 Å². The van der Waals surface area contributed by atoms with Gasteiger partial charge in [0.25, 0.3) is 5.56 Å². The van der Waals surface area contributed by atoms with Gasteiger partial charge in [-0.3, -0.25) is 4.79 Å². The Morgan fingerprint density at radius 1 is 1.02 bits per heavy atom. The average molecular weight is 614 g/mol. The van der Waals surface area contributed by atoms with Gasteiger partial charge < -0.3 is 14.2 Å². The molecular weight excluding hydrogens is 581 g/mol. The first-order valence-electron chi connectivity index (χ1n) is 14.3. The van der Waals surface area contributed by atoms with E-state index in [-0.39, 0.29) is 23.9 Å². The second-order valence-electron chi connectivity index (χ2n) is 10.6. The summed E-state index contributed by atoms with van der Waals surface area (Å²) >= 11 is 6.61. The van der Waals surface area contributed by atoms with Crippen molar-refractivity contribution in [2.24, 2.45) is 5.10 Å². The molecule has 0 saturated carbocycles. The third-order valence-electron chi connectivity index (χ3n) is 7.14. The van der Waals surface area contributed by atoms with E-state index < -0.39 is 0 Å². The molecule has 0 radical (unpaired) electrons. The number of halogens is 2. The van der Waals surface area contributed by atoms with Gasteiger partial charge >= 0.3 is 0 Å². The predicted octanol–water partition coefficient (Wildman–Crippen LogP) is 8.16. The Balaban J connectivity index is 1.58. The summed E-state index contributed by atoms with van der Waals surface area (Å²) < 4.78 is 32.0. The van der Waals surface area contributed by atoms with Gasteiger partial charge in [-0.05, 0) is 90.6 Å². The van der Waals surface area contributed by atoms with Crippen LogP contribution in [0.15, 0.2) is 82.7 Å². The van der Waals surface area contributed by atoms with E-state index in [1.165, 1.54) is 30.1 Å². The van der Waals surface area contributed by atoms with Crippen LogP contribution in [0, 0.1) is 12.7 Å². The normalized spacial score (nSPS) is 11.5. The van der Waals surface area contributed by atoms with Gasteiger partial charge in [0.1, 0.15) is 18.2 Å². The van der Waals surface area contributed by atoms with Crippen LogP contribution in [0.2, 0.25) is 5.02 Å². The molecule has 226 valence electrons. The van der Waals surface area contributed by atoms with Crippen LogP contribution < -0.4 is 19.8 Å². The van der Waals surface area contributed by atoms with Crippen LogP contribution in [0.1, 0.15) is 48.9 Å². The van der Waals surface area contributed by atoms with E-state index in [4.69, 9.17) is 30.8 Å². The minimum atomic E-state index is -0.324. The Morgan fingerprint density at radius 2 is 1.77 bits per heavy atom. The van der Waals surface area contributed by atoms with E-state index in [0.29, 0.717) is 45.4 Å². The minimum Gasteiger partial charge on any atom is -0.494 e. The number of rotatable bonds is 10. The molecule has 44 heavy (non-hydrogen) atoms. The number of benzene rings is 4. The average Bonchev–Trinajstić information content (AvgIpc) is 3.00. The van der Waals surface area contributed by atoms with Gasteiger partial charge in [-0.25, -0.2) is 9.37 Å². The van der Waals surface area contributed by atoms with Crippen LogP contribution in [0.4, 0.5) is 4.39 Å². The minimum absolute atomic E-state index is 0.172. The lowest BCUT2D eigenvalue weighted by molar-refractivity contribution is 0.284. The molecule has 0 aliphatic heterocycles. The fourth-order valence-corrected chi connectivity index (χ4v) is 5.16. The van der Waals surface area contributed by atoms with Crippen LogP contribution in [-0.2, 0) is 6.61 Å². The zero-order chi connectivity index (χ0) is 31.4. The molecule has 0 aliphatic carbocycles. The molecule has 1 heterocycles. The molecule has 0 unspecified atom stereocenters. The van der Waals surface area contributed by atoms with Crippen molar-refractivity contribution in [3.05, 3.63) is 116 Å². The van der Waals surface area contributed by atoms with Gasteiger partial charge in [0.05, 0.1) is 35.9 Å². The number of ether oxygens (including phenoxy) is 3. The van der Waals surface area contributed by atoms with E-state index >= 15 is 0 Å². The number of hydrogen-bond donors (Lipinski definition) is 0. The van der Waals surface area contributed by atoms with Crippen molar-refractivity contribution < 1.29 is 18.6 Å². The largest absolute Gasteiger partial charge is 0.494 e. The molecule has 0 aliphatic rings. The quantitative estimate of drug-likeness (QED) is 0.149. The SMILES string of the molecule is CCOc1cc(C)c(-c2nc3ccccc3c(=O)n2N=Cc2cc(Cl)c(OCc3ccc(F)cc3)c(OC)c2)cc1C(C)C. The molecule has 0 spiro atoms. The first kappa shape index (κ1) is 30.8. The molecule has 0 atom stereocenters. The summed E-state index contributed by atoms with van der Waals surface area (Å²) in [7, 11) is 1.51. The van der Waals surface area contributed by atoms with Gasteiger partial charge in [0.2, 0.25) is 0 Å². The topological polar surface area (TPSA) is 74.9 Å². The molecule has 4 aromatic carbocycles. The fourth-order valence-electron chi connectivity index (χ4n) is 4.89. The molecule has 5 aromatic rings. The number of aryl methyl sites for hydroxylation is 1. The zero-order valence-corrected chi connectivity index (χ0v) is 26.0. The lowest BCUT2D eigenvalue weighted by atomic mass is 9.96. The van der Waals surface area contributed by atoms with Gasteiger partial charge in [-0.1, -0.05) is 49.7 Å². The highest BCUT2D eigenvalue weighted by Gasteiger charge is 2.19. The number of aromatic nitrogens is 2. The van der Waals surface area contributed by atoms with Crippen LogP contribution in [-0.4, -0.2) is 29.6 Å². The van der Waals surface area contributed by atoms with Crippen LogP contribution >= 0.6 is 11.6 Å². The van der Waals surface area contributed by atoms with E-state index in [1.807, 2.05) is 38.1 Å². The van der Waals surface area contributed by atoms with Crippen LogP contribution in [0.25, 0.3) is 22.3 Å². The molecule has 0 saturated heterocycles. The van der Waals surface area contributed by atoms with Crippen molar-refractivity contribution in [2.75, 3.05) is 13.7 Å². The van der Waals surface area contributed by atoms with Crippen molar-refractivity contribution in [1.29, 1.82) is 0 Å². The summed E-state index contributed by atoms with van der Waals surface area (Å²) in [5, 5.41) is 5.36. The number of nitrogens with zero attached hydrogens (tertiary/aromatic N) is 3. The van der Waals surface area contributed by atoms with Crippen LogP contribution in [0.3, 0.4) is 0 Å². The number of para-hydroxylation sites is 1. The maximum absolute atomic E-state index is 13.8. The number of methoxy groups -OCH3 is 1. The second-order valence-corrected chi connectivity index (χ2v) is 11.0. The fraction of sp³-hybridized carbons (Fsp3) is 0.229. The summed E-state index contributed by atoms with van der Waals surface area (Å²) in [6, 6.07) is 20.6. The van der Waals surface area contributed by atoms with Gasteiger partial charge in [-0.2, -0.15) is 9.78 Å². The Hall–Kier alpha value is -4.69. The van der Waals surface area contributed by atoms with E-state index in [2.05, 4.69) is 18.9 Å². The standard InChI is InChI=1S/C35H33ClFN3O4/c1-6-43-31-15-22(4)28(18-27(31)21(2)3)34-39-30-10-8-7-9-26(30)35(41)40(34)38-19-24-16-29(36)33(32(17-24)42-5)44-20-23-11-13-25(37)14-12-23/h7-19,21H,6,20H2,1-5H3. The molecule has 5 rings (SSSR count). The Labute approximate surface area is 260 Å². The maximum atomic E-state index is 13.8. The molecular formula is C35H33ClFN3O4. The zero-order valence-electron chi connectivity index (χ0n) is 25.2. The third kappa shape index (κ3) is 6.45. The predicted molar refractivity (Wildman–Crippen MR) is 173 cm³/mol. The molecule has 0 bridgehead atoms. The van der Waals surface area contributed by atoms with Crippen molar-refractivity contribution >= 4 is 28.7 Å². The molecule has 9 heteroatoms. The summed E-state index contributed by atoms with van der Waals surface area (Å²) in [4.78, 5) is 18.7. The van der Waals surface area contributed by atoms with Gasteiger partial charge in [-0.15, -0.1) is 0 Å². The first-order valence-corrected chi connectivity index (χ1v) is 14.7. The third-order valence-corrected chi connectivity index (χ3v) is 7.42. The highest BCUT2D eigenvalue weighted by atomic mass is 35.5. The number of hydrogen-bond acceptors (Lipinski definition) is 6. The summed E-state index contributed by atoms with van der Waals surface area (Å²) in [6.07, 6.45) is 1.53.